The molecule has 0 saturated heterocycles. The van der Waals surface area contributed by atoms with E-state index in [4.69, 9.17) is 6.42 Å². The molecule has 1 aromatic rings. The zero-order valence-electron chi connectivity index (χ0n) is 6.07. The fraction of sp³-hybridized carbons (Fsp3) is 0.333. The van der Waals surface area contributed by atoms with E-state index in [1.165, 1.54) is 0 Å². The Hall–Kier alpha value is -1.15. The van der Waals surface area contributed by atoms with Gasteiger partial charge in [-0.05, 0) is 0 Å². The van der Waals surface area contributed by atoms with Crippen molar-refractivity contribution in [1.82, 2.24) is 15.4 Å². The molecule has 0 saturated carbocycles. The van der Waals surface area contributed by atoms with Crippen LogP contribution in [0.15, 0.2) is 5.03 Å². The molecule has 0 unspecified atom stereocenters. The number of aromatic amines is 1. The van der Waals surface area contributed by atoms with Crippen LogP contribution in [0.3, 0.4) is 0 Å². The largest absolute Gasteiger partial charge is 0.345 e. The number of rotatable bonds is 2. The van der Waals surface area contributed by atoms with Gasteiger partial charge in [0.25, 0.3) is 0 Å². The predicted octanol–water partition coefficient (Wildman–Crippen LogP) is 0.163. The molecule has 1 rings (SSSR count). The second-order valence-electron chi connectivity index (χ2n) is 2.04. The molecule has 1 heterocycles. The minimum Gasteiger partial charge on any atom is -0.345 e. The molecule has 11 heavy (non-hydrogen) atoms. The summed E-state index contributed by atoms with van der Waals surface area (Å²) in [6.45, 7) is 0.500. The lowest BCUT2D eigenvalue weighted by molar-refractivity contribution is 0.906. The highest BCUT2D eigenvalue weighted by atomic mass is 32.1. The lowest BCUT2D eigenvalue weighted by Gasteiger charge is -2.11. The van der Waals surface area contributed by atoms with Crippen LogP contribution < -0.4 is 4.90 Å². The number of terminal acetylenes is 1. The predicted molar refractivity (Wildman–Crippen MR) is 45.7 cm³/mol. The third kappa shape index (κ3) is 1.65. The highest BCUT2D eigenvalue weighted by Gasteiger charge is 2.06. The maximum Gasteiger partial charge on any atom is 0.185 e. The molecule has 0 aliphatic carbocycles. The van der Waals surface area contributed by atoms with Crippen molar-refractivity contribution in [2.45, 2.75) is 5.03 Å². The van der Waals surface area contributed by atoms with Crippen LogP contribution >= 0.6 is 12.6 Å². The lowest BCUT2D eigenvalue weighted by Crippen LogP contribution is -2.17. The first kappa shape index (κ1) is 7.95. The average Bonchev–Trinajstić information content (AvgIpc) is 2.36. The zero-order chi connectivity index (χ0) is 8.27. The summed E-state index contributed by atoms with van der Waals surface area (Å²) in [5.41, 5.74) is 0. The summed E-state index contributed by atoms with van der Waals surface area (Å²) >= 11 is 4.09. The number of thiol groups is 1. The quantitative estimate of drug-likeness (QED) is 0.488. The van der Waals surface area contributed by atoms with Crippen LogP contribution in [0, 0.1) is 12.3 Å². The maximum absolute atomic E-state index is 5.11. The van der Waals surface area contributed by atoms with Crippen LogP contribution in [-0.2, 0) is 0 Å². The number of hydrogen-bond donors (Lipinski definition) is 2. The van der Waals surface area contributed by atoms with Crippen LogP contribution in [0.5, 0.6) is 0 Å². The minimum atomic E-state index is 0.500. The molecule has 0 aliphatic rings. The Kier molecular flexibility index (Phi) is 2.39. The summed E-state index contributed by atoms with van der Waals surface area (Å²) in [5.74, 6) is 3.17. The van der Waals surface area contributed by atoms with Gasteiger partial charge in [-0.15, -0.1) is 24.2 Å². The molecule has 0 aromatic carbocycles. The first-order valence-electron chi connectivity index (χ1n) is 3.00. The van der Waals surface area contributed by atoms with Crippen LogP contribution in [0.1, 0.15) is 0 Å². The Balaban J connectivity index is 2.77. The van der Waals surface area contributed by atoms with Gasteiger partial charge in [-0.3, -0.25) is 0 Å². The van der Waals surface area contributed by atoms with Gasteiger partial charge in [0.1, 0.15) is 5.03 Å². The van der Waals surface area contributed by atoms with Gasteiger partial charge in [0, 0.05) is 7.05 Å². The summed E-state index contributed by atoms with van der Waals surface area (Å²) in [5, 5.41) is 10.6. The highest BCUT2D eigenvalue weighted by molar-refractivity contribution is 7.80. The number of H-pyrrole nitrogens is 1. The van der Waals surface area contributed by atoms with Crippen molar-refractivity contribution in [2.75, 3.05) is 18.5 Å². The Morgan fingerprint density at radius 1 is 1.82 bits per heavy atom. The molecular formula is C6H8N4S. The molecule has 0 bridgehead atoms. The normalized spacial score (nSPS) is 9.18. The number of aromatic nitrogens is 3. The molecule has 0 spiro atoms. The van der Waals surface area contributed by atoms with Gasteiger partial charge in [-0.1, -0.05) is 11.1 Å². The van der Waals surface area contributed by atoms with E-state index in [1.54, 1.807) is 4.90 Å². The molecule has 1 aromatic heterocycles. The van der Waals surface area contributed by atoms with Crippen molar-refractivity contribution in [2.24, 2.45) is 0 Å². The molecule has 58 valence electrons. The van der Waals surface area contributed by atoms with Crippen LogP contribution in [0.25, 0.3) is 0 Å². The summed E-state index contributed by atoms with van der Waals surface area (Å²) in [4.78, 5) is 1.78. The SMILES string of the molecule is C#CCN(C)c1nn[nH]c1S. The monoisotopic (exact) mass is 168 g/mol. The number of nitrogens with one attached hydrogen (secondary N) is 1. The van der Waals surface area contributed by atoms with Crippen molar-refractivity contribution in [1.29, 1.82) is 0 Å². The van der Waals surface area contributed by atoms with Gasteiger partial charge in [0.2, 0.25) is 0 Å². The number of nitrogens with zero attached hydrogens (tertiary/aromatic N) is 3. The standard InChI is InChI=1S/C6H8N4S/c1-3-4-10(2)5-6(11)8-9-7-5/h1H,4H2,2H3,(H2,7,8,9,11). The van der Waals surface area contributed by atoms with E-state index in [2.05, 4.69) is 34.0 Å². The van der Waals surface area contributed by atoms with Crippen LogP contribution in [-0.4, -0.2) is 29.0 Å². The van der Waals surface area contributed by atoms with E-state index in [0.717, 1.165) is 0 Å². The Bertz CT molecular complexity index is 274. The number of anilines is 1. The van der Waals surface area contributed by atoms with E-state index in [9.17, 15) is 0 Å². The van der Waals surface area contributed by atoms with Gasteiger partial charge in [-0.2, -0.15) is 0 Å². The highest BCUT2D eigenvalue weighted by Crippen LogP contribution is 2.15. The fourth-order valence-corrected chi connectivity index (χ4v) is 0.946. The van der Waals surface area contributed by atoms with Gasteiger partial charge >= 0.3 is 0 Å². The Morgan fingerprint density at radius 2 is 2.55 bits per heavy atom. The molecule has 0 amide bonds. The van der Waals surface area contributed by atoms with Crippen molar-refractivity contribution in [3.63, 3.8) is 0 Å². The van der Waals surface area contributed by atoms with E-state index in [0.29, 0.717) is 17.4 Å². The summed E-state index contributed by atoms with van der Waals surface area (Å²) in [7, 11) is 1.83. The third-order valence-electron chi connectivity index (χ3n) is 1.20. The maximum atomic E-state index is 5.11. The van der Waals surface area contributed by atoms with Crippen LogP contribution in [0.2, 0.25) is 0 Å². The molecule has 4 nitrogen and oxygen atoms in total. The fourth-order valence-electron chi connectivity index (χ4n) is 0.686. The van der Waals surface area contributed by atoms with Crippen LogP contribution in [0.4, 0.5) is 5.82 Å². The van der Waals surface area contributed by atoms with Gasteiger partial charge in [0.15, 0.2) is 5.82 Å². The minimum absolute atomic E-state index is 0.500. The van der Waals surface area contributed by atoms with E-state index in [1.807, 2.05) is 7.05 Å². The van der Waals surface area contributed by atoms with Crippen molar-refractivity contribution in [3.8, 4) is 12.3 Å². The summed E-state index contributed by atoms with van der Waals surface area (Å²) in [6.07, 6.45) is 5.11. The Morgan fingerprint density at radius 3 is 3.00 bits per heavy atom. The Labute approximate surface area is 70.4 Å². The lowest BCUT2D eigenvalue weighted by atomic mass is 10.5. The van der Waals surface area contributed by atoms with Crippen molar-refractivity contribution >= 4 is 18.4 Å². The molecule has 1 N–H and O–H groups in total. The summed E-state index contributed by atoms with van der Waals surface area (Å²) < 4.78 is 0. The van der Waals surface area contributed by atoms with Gasteiger partial charge < -0.3 is 4.90 Å². The molecule has 0 fully saturated rings. The van der Waals surface area contributed by atoms with E-state index >= 15 is 0 Å². The van der Waals surface area contributed by atoms with Crippen molar-refractivity contribution < 1.29 is 0 Å². The zero-order valence-corrected chi connectivity index (χ0v) is 6.97. The first-order chi connectivity index (χ1) is 5.25. The second kappa shape index (κ2) is 3.30. The molecule has 0 aliphatic heterocycles. The number of hydrogen-bond acceptors (Lipinski definition) is 4. The van der Waals surface area contributed by atoms with E-state index in [-0.39, 0.29) is 0 Å². The smallest absolute Gasteiger partial charge is 0.185 e. The first-order valence-corrected chi connectivity index (χ1v) is 3.45. The third-order valence-corrected chi connectivity index (χ3v) is 1.50. The molecule has 5 heteroatoms. The van der Waals surface area contributed by atoms with Gasteiger partial charge in [-0.25, -0.2) is 5.10 Å². The van der Waals surface area contributed by atoms with Gasteiger partial charge in [0.05, 0.1) is 6.54 Å². The summed E-state index contributed by atoms with van der Waals surface area (Å²) in [6, 6.07) is 0. The topological polar surface area (TPSA) is 44.8 Å². The molecular weight excluding hydrogens is 160 g/mol. The molecule has 0 radical (unpaired) electrons. The van der Waals surface area contributed by atoms with E-state index < -0.39 is 0 Å². The molecule has 0 atom stereocenters. The van der Waals surface area contributed by atoms with Crippen molar-refractivity contribution in [3.05, 3.63) is 0 Å². The second-order valence-corrected chi connectivity index (χ2v) is 2.49. The average molecular weight is 168 g/mol.